The lowest BCUT2D eigenvalue weighted by molar-refractivity contribution is 0.250. The third kappa shape index (κ3) is 4.02. The molecule has 2 amide bonds. The number of rotatable bonds is 4. The van der Waals surface area contributed by atoms with E-state index in [0.717, 1.165) is 11.6 Å². The van der Waals surface area contributed by atoms with Gasteiger partial charge in [0.25, 0.3) is 0 Å². The van der Waals surface area contributed by atoms with Gasteiger partial charge in [0.1, 0.15) is 11.9 Å². The van der Waals surface area contributed by atoms with Crippen LogP contribution in [0.4, 0.5) is 14.9 Å². The van der Waals surface area contributed by atoms with Crippen molar-refractivity contribution in [1.82, 2.24) is 10.3 Å². The summed E-state index contributed by atoms with van der Waals surface area (Å²) in [4.78, 5) is 16.8. The first-order valence-corrected chi connectivity index (χ1v) is 7.90. The summed E-state index contributed by atoms with van der Waals surface area (Å²) in [5.74, 6) is -0.539. The highest BCUT2D eigenvalue weighted by atomic mass is 19.1. The lowest BCUT2D eigenvalue weighted by Gasteiger charge is -2.19. The maximum atomic E-state index is 13.2. The largest absolute Gasteiger partial charge is 0.325 e. The highest BCUT2D eigenvalue weighted by Crippen LogP contribution is 2.21. The van der Waals surface area contributed by atoms with Crippen LogP contribution in [0.1, 0.15) is 22.9 Å². The van der Waals surface area contributed by atoms with Gasteiger partial charge in [0.05, 0.1) is 23.0 Å². The Labute approximate surface area is 150 Å². The number of hydrogen-bond donors (Lipinski definition) is 2. The summed E-state index contributed by atoms with van der Waals surface area (Å²) in [6.07, 6.45) is 1.65. The lowest BCUT2D eigenvalue weighted by atomic mass is 10.0. The number of amides is 2. The molecule has 0 fully saturated rings. The van der Waals surface area contributed by atoms with Crippen molar-refractivity contribution in [3.8, 4) is 6.07 Å². The highest BCUT2D eigenvalue weighted by molar-refractivity contribution is 5.91. The highest BCUT2D eigenvalue weighted by Gasteiger charge is 2.18. The molecule has 0 aliphatic carbocycles. The zero-order valence-corrected chi connectivity index (χ0v) is 13.7. The number of hydrogen-bond acceptors (Lipinski definition) is 3. The van der Waals surface area contributed by atoms with Gasteiger partial charge in [-0.25, -0.2) is 9.18 Å². The fourth-order valence-electron chi connectivity index (χ4n) is 2.53. The molecule has 1 aromatic heterocycles. The van der Waals surface area contributed by atoms with Crippen LogP contribution < -0.4 is 10.6 Å². The lowest BCUT2D eigenvalue weighted by Crippen LogP contribution is -2.33. The number of nitriles is 1. The van der Waals surface area contributed by atoms with Crippen LogP contribution in [0.3, 0.4) is 0 Å². The van der Waals surface area contributed by atoms with Gasteiger partial charge < -0.3 is 10.6 Å². The number of anilines is 1. The normalized spacial score (nSPS) is 11.2. The maximum absolute atomic E-state index is 13.2. The minimum absolute atomic E-state index is 0.0502. The Morgan fingerprint density at radius 3 is 2.54 bits per heavy atom. The van der Waals surface area contributed by atoms with Crippen molar-refractivity contribution in [2.75, 3.05) is 5.32 Å². The fourth-order valence-corrected chi connectivity index (χ4v) is 2.53. The first-order chi connectivity index (χ1) is 12.7. The molecular formula is C20H15FN4O. The zero-order valence-electron chi connectivity index (χ0n) is 13.7. The summed E-state index contributed by atoms with van der Waals surface area (Å²) in [6, 6.07) is 19.3. The van der Waals surface area contributed by atoms with Gasteiger partial charge >= 0.3 is 6.03 Å². The SMILES string of the molecule is N#Cc1cc(F)ccc1NC(=O)NC(c1ccccc1)c1ccccn1. The van der Waals surface area contributed by atoms with Crippen molar-refractivity contribution in [2.45, 2.75) is 6.04 Å². The molecule has 1 atom stereocenters. The quantitative estimate of drug-likeness (QED) is 0.749. The van der Waals surface area contributed by atoms with Crippen LogP contribution in [0.5, 0.6) is 0 Å². The topological polar surface area (TPSA) is 77.8 Å². The monoisotopic (exact) mass is 346 g/mol. The molecule has 0 saturated heterocycles. The third-order valence-corrected chi connectivity index (χ3v) is 3.74. The van der Waals surface area contributed by atoms with Crippen LogP contribution in [-0.2, 0) is 0 Å². The van der Waals surface area contributed by atoms with Crippen molar-refractivity contribution >= 4 is 11.7 Å². The van der Waals surface area contributed by atoms with Crippen LogP contribution in [0, 0.1) is 17.1 Å². The minimum atomic E-state index is -0.539. The maximum Gasteiger partial charge on any atom is 0.320 e. The van der Waals surface area contributed by atoms with Crippen molar-refractivity contribution in [3.05, 3.63) is 95.6 Å². The number of nitrogens with zero attached hydrogens (tertiary/aromatic N) is 2. The number of urea groups is 1. The van der Waals surface area contributed by atoms with Crippen molar-refractivity contribution in [2.24, 2.45) is 0 Å². The van der Waals surface area contributed by atoms with E-state index in [9.17, 15) is 9.18 Å². The molecule has 0 aliphatic heterocycles. The molecular weight excluding hydrogens is 331 g/mol. The summed E-state index contributed by atoms with van der Waals surface area (Å²) in [5.41, 5.74) is 1.82. The first-order valence-electron chi connectivity index (χ1n) is 7.90. The predicted molar refractivity (Wildman–Crippen MR) is 95.8 cm³/mol. The Balaban J connectivity index is 1.84. The molecule has 0 spiro atoms. The van der Waals surface area contributed by atoms with Gasteiger partial charge in [-0.1, -0.05) is 36.4 Å². The van der Waals surface area contributed by atoms with E-state index in [2.05, 4.69) is 15.6 Å². The molecule has 0 bridgehead atoms. The van der Waals surface area contributed by atoms with Gasteiger partial charge in [-0.15, -0.1) is 0 Å². The van der Waals surface area contributed by atoms with Gasteiger partial charge in [0.2, 0.25) is 0 Å². The van der Waals surface area contributed by atoms with Gasteiger partial charge in [0, 0.05) is 6.20 Å². The number of halogens is 1. The van der Waals surface area contributed by atoms with Crippen LogP contribution in [0.25, 0.3) is 0 Å². The van der Waals surface area contributed by atoms with Crippen LogP contribution in [0.15, 0.2) is 72.9 Å². The van der Waals surface area contributed by atoms with E-state index in [0.29, 0.717) is 5.69 Å². The smallest absolute Gasteiger partial charge is 0.320 e. The summed E-state index contributed by atoms with van der Waals surface area (Å²) < 4.78 is 13.2. The molecule has 2 N–H and O–H groups in total. The summed E-state index contributed by atoms with van der Waals surface area (Å²) in [5, 5.41) is 14.5. The van der Waals surface area contributed by atoms with E-state index < -0.39 is 17.9 Å². The average molecular weight is 346 g/mol. The number of benzene rings is 2. The Kier molecular flexibility index (Phi) is 5.20. The predicted octanol–water partition coefficient (Wildman–Crippen LogP) is 4.00. The second kappa shape index (κ2) is 7.90. The van der Waals surface area contributed by atoms with Gasteiger partial charge in [-0.3, -0.25) is 4.98 Å². The summed E-state index contributed by atoms with van der Waals surface area (Å²) in [6.45, 7) is 0. The van der Waals surface area contributed by atoms with E-state index in [1.54, 1.807) is 12.3 Å². The molecule has 5 nitrogen and oxygen atoms in total. The van der Waals surface area contributed by atoms with E-state index in [-0.39, 0.29) is 11.3 Å². The minimum Gasteiger partial charge on any atom is -0.325 e. The molecule has 3 rings (SSSR count). The van der Waals surface area contributed by atoms with E-state index in [1.165, 1.54) is 12.1 Å². The Morgan fingerprint density at radius 2 is 1.85 bits per heavy atom. The van der Waals surface area contributed by atoms with Gasteiger partial charge in [0.15, 0.2) is 0 Å². The first kappa shape index (κ1) is 17.1. The average Bonchev–Trinajstić information content (AvgIpc) is 2.69. The molecule has 0 aliphatic rings. The molecule has 3 aromatic rings. The van der Waals surface area contributed by atoms with E-state index >= 15 is 0 Å². The molecule has 1 heterocycles. The molecule has 1 unspecified atom stereocenters. The van der Waals surface area contributed by atoms with E-state index in [4.69, 9.17) is 5.26 Å². The number of aromatic nitrogens is 1. The second-order valence-corrected chi connectivity index (χ2v) is 5.50. The summed E-state index contributed by atoms with van der Waals surface area (Å²) in [7, 11) is 0. The Bertz CT molecular complexity index is 900. The summed E-state index contributed by atoms with van der Waals surface area (Å²) >= 11 is 0. The zero-order chi connectivity index (χ0) is 18.4. The van der Waals surface area contributed by atoms with Crippen molar-refractivity contribution in [1.29, 1.82) is 5.26 Å². The standard InChI is InChI=1S/C20H15FN4O/c21-16-9-10-17(15(12-16)13-22)24-20(26)25-19(14-6-2-1-3-7-14)18-8-4-5-11-23-18/h1-12,19H,(H2,24,25,26). The number of nitrogens with one attached hydrogen (secondary N) is 2. The van der Waals surface area contributed by atoms with Crippen LogP contribution in [0.2, 0.25) is 0 Å². The molecule has 128 valence electrons. The third-order valence-electron chi connectivity index (χ3n) is 3.74. The second-order valence-electron chi connectivity index (χ2n) is 5.50. The molecule has 26 heavy (non-hydrogen) atoms. The Hall–Kier alpha value is -3.72. The molecule has 2 aromatic carbocycles. The fraction of sp³-hybridized carbons (Fsp3) is 0.0500. The van der Waals surface area contributed by atoms with Crippen LogP contribution >= 0.6 is 0 Å². The number of carbonyl (C=O) groups is 1. The molecule has 0 saturated carbocycles. The number of carbonyl (C=O) groups excluding carboxylic acids is 1. The molecule has 0 radical (unpaired) electrons. The number of pyridine rings is 1. The van der Waals surface area contributed by atoms with Crippen molar-refractivity contribution in [3.63, 3.8) is 0 Å². The Morgan fingerprint density at radius 1 is 1.08 bits per heavy atom. The molecule has 6 heteroatoms. The van der Waals surface area contributed by atoms with Crippen LogP contribution in [-0.4, -0.2) is 11.0 Å². The van der Waals surface area contributed by atoms with Crippen molar-refractivity contribution < 1.29 is 9.18 Å². The van der Waals surface area contributed by atoms with E-state index in [1.807, 2.05) is 48.5 Å². The van der Waals surface area contributed by atoms with Gasteiger partial charge in [-0.05, 0) is 35.9 Å². The van der Waals surface area contributed by atoms with Gasteiger partial charge in [-0.2, -0.15) is 5.26 Å².